The standard InChI is InChI=1S/C25H44N6O4/c1-6-12-30-13-10-25(19-26,11-14-30)29-21(32)20(8-9-24(3,4)5)27-22(28-23(33)35-7-2)31-15-17-34-18-16-31/h20H,6-18H2,1-5H3,(H,29,32)(H,27,28,33)/t20-/m1/s1. The van der Waals surface area contributed by atoms with Gasteiger partial charge in [0.1, 0.15) is 11.6 Å². The highest BCUT2D eigenvalue weighted by molar-refractivity contribution is 5.96. The molecule has 2 aliphatic rings. The van der Waals surface area contributed by atoms with Gasteiger partial charge in [-0.05, 0) is 51.0 Å². The Morgan fingerprint density at radius 1 is 1.17 bits per heavy atom. The first-order chi connectivity index (χ1) is 16.6. The van der Waals surface area contributed by atoms with Gasteiger partial charge < -0.3 is 24.6 Å². The van der Waals surface area contributed by atoms with Crippen molar-refractivity contribution in [1.29, 1.82) is 5.26 Å². The summed E-state index contributed by atoms with van der Waals surface area (Å²) in [5.74, 6) is 0.0285. The molecule has 2 N–H and O–H groups in total. The molecule has 2 rings (SSSR count). The molecular formula is C25H44N6O4. The number of hydrogen-bond acceptors (Lipinski definition) is 7. The number of alkyl carbamates (subject to hydrolysis) is 1. The van der Waals surface area contributed by atoms with Crippen molar-refractivity contribution in [3.63, 3.8) is 0 Å². The Balaban J connectivity index is 2.26. The molecule has 0 aromatic heterocycles. The third kappa shape index (κ3) is 9.65. The Labute approximate surface area is 210 Å². The number of morpholine rings is 1. The van der Waals surface area contributed by atoms with Crippen molar-refractivity contribution < 1.29 is 19.1 Å². The van der Waals surface area contributed by atoms with Crippen molar-refractivity contribution in [2.45, 2.75) is 78.3 Å². The first kappa shape index (κ1) is 28.9. The number of nitrogens with zero attached hydrogens (tertiary/aromatic N) is 4. The SMILES string of the molecule is CCCN1CCC(C#N)(NC(=O)[C@@H](CCC(C)(C)C)N=C(NC(=O)OCC)N2CCOCC2)CC1. The molecule has 2 saturated heterocycles. The van der Waals surface area contributed by atoms with Crippen molar-refractivity contribution in [2.24, 2.45) is 10.4 Å². The molecule has 2 aliphatic heterocycles. The molecule has 10 heteroatoms. The van der Waals surface area contributed by atoms with Crippen molar-refractivity contribution in [3.8, 4) is 6.07 Å². The minimum atomic E-state index is -0.898. The van der Waals surface area contributed by atoms with E-state index in [1.54, 1.807) is 6.92 Å². The van der Waals surface area contributed by atoms with Crippen LogP contribution in [0.25, 0.3) is 0 Å². The highest BCUT2D eigenvalue weighted by Gasteiger charge is 2.38. The first-order valence-corrected chi connectivity index (χ1v) is 12.9. The zero-order chi connectivity index (χ0) is 25.9. The molecule has 0 aromatic carbocycles. The Morgan fingerprint density at radius 3 is 2.37 bits per heavy atom. The Bertz CT molecular complexity index is 759. The van der Waals surface area contributed by atoms with Crippen molar-refractivity contribution in [3.05, 3.63) is 0 Å². The molecule has 0 radical (unpaired) electrons. The molecule has 0 aliphatic carbocycles. The van der Waals surface area contributed by atoms with Gasteiger partial charge in [-0.1, -0.05) is 27.7 Å². The van der Waals surface area contributed by atoms with Crippen molar-refractivity contribution >= 4 is 18.0 Å². The molecule has 198 valence electrons. The smallest absolute Gasteiger partial charge is 0.413 e. The van der Waals surface area contributed by atoms with Crippen LogP contribution >= 0.6 is 0 Å². The summed E-state index contributed by atoms with van der Waals surface area (Å²) in [6.45, 7) is 15.1. The van der Waals surface area contributed by atoms with Gasteiger partial charge >= 0.3 is 6.09 Å². The molecule has 10 nitrogen and oxygen atoms in total. The topological polar surface area (TPSA) is 119 Å². The minimum Gasteiger partial charge on any atom is -0.450 e. The average molecular weight is 493 g/mol. The number of carbonyl (C=O) groups excluding carboxylic acids is 2. The molecular weight excluding hydrogens is 448 g/mol. The summed E-state index contributed by atoms with van der Waals surface area (Å²) in [6.07, 6.45) is 2.88. The van der Waals surface area contributed by atoms with Gasteiger partial charge in [-0.15, -0.1) is 0 Å². The number of hydrogen-bond donors (Lipinski definition) is 2. The van der Waals surface area contributed by atoms with Crippen LogP contribution in [0, 0.1) is 16.7 Å². The van der Waals surface area contributed by atoms with Crippen LogP contribution in [0.2, 0.25) is 0 Å². The van der Waals surface area contributed by atoms with E-state index in [4.69, 9.17) is 14.5 Å². The lowest BCUT2D eigenvalue weighted by atomic mass is 9.86. The Hall–Kier alpha value is -2.38. The Morgan fingerprint density at radius 2 is 1.83 bits per heavy atom. The van der Waals surface area contributed by atoms with Gasteiger partial charge in [0.05, 0.1) is 25.9 Å². The van der Waals surface area contributed by atoms with E-state index in [0.717, 1.165) is 32.5 Å². The third-order valence-corrected chi connectivity index (χ3v) is 6.37. The maximum absolute atomic E-state index is 13.6. The van der Waals surface area contributed by atoms with Crippen LogP contribution in [0.3, 0.4) is 0 Å². The molecule has 0 aromatic rings. The van der Waals surface area contributed by atoms with Gasteiger partial charge in [-0.3, -0.25) is 10.1 Å². The highest BCUT2D eigenvalue weighted by atomic mass is 16.5. The second kappa shape index (κ2) is 13.6. The molecule has 0 bridgehead atoms. The number of carbonyl (C=O) groups is 2. The number of piperidine rings is 1. The summed E-state index contributed by atoms with van der Waals surface area (Å²) in [4.78, 5) is 34.8. The summed E-state index contributed by atoms with van der Waals surface area (Å²) >= 11 is 0. The second-order valence-corrected chi connectivity index (χ2v) is 10.5. The highest BCUT2D eigenvalue weighted by Crippen LogP contribution is 2.25. The molecule has 0 unspecified atom stereocenters. The number of rotatable bonds is 8. The van der Waals surface area contributed by atoms with E-state index in [2.05, 4.69) is 49.3 Å². The quantitative estimate of drug-likeness (QED) is 0.395. The lowest BCUT2D eigenvalue weighted by Gasteiger charge is -2.38. The fourth-order valence-electron chi connectivity index (χ4n) is 4.26. The summed E-state index contributed by atoms with van der Waals surface area (Å²) in [7, 11) is 0. The van der Waals surface area contributed by atoms with E-state index in [9.17, 15) is 14.9 Å². The number of nitriles is 1. The maximum atomic E-state index is 13.6. The van der Waals surface area contributed by atoms with E-state index < -0.39 is 17.7 Å². The fraction of sp³-hybridized carbons (Fsp3) is 0.840. The molecule has 0 spiro atoms. The normalized spacial score (nSPS) is 20.0. The van der Waals surface area contributed by atoms with Gasteiger partial charge in [-0.25, -0.2) is 9.79 Å². The number of nitrogens with one attached hydrogen (secondary N) is 2. The minimum absolute atomic E-state index is 0.000154. The fourth-order valence-corrected chi connectivity index (χ4v) is 4.26. The zero-order valence-electron chi connectivity index (χ0n) is 22.2. The Kier molecular flexibility index (Phi) is 11.2. The molecule has 2 amide bonds. The van der Waals surface area contributed by atoms with E-state index >= 15 is 0 Å². The van der Waals surface area contributed by atoms with E-state index in [1.807, 2.05) is 4.90 Å². The van der Waals surface area contributed by atoms with Gasteiger partial charge in [0.15, 0.2) is 0 Å². The second-order valence-electron chi connectivity index (χ2n) is 10.5. The van der Waals surface area contributed by atoms with Crippen LogP contribution in [0.5, 0.6) is 0 Å². The summed E-state index contributed by atoms with van der Waals surface area (Å²) in [6, 6.07) is 1.64. The van der Waals surface area contributed by atoms with E-state index in [-0.39, 0.29) is 17.9 Å². The molecule has 2 fully saturated rings. The lowest BCUT2D eigenvalue weighted by molar-refractivity contribution is -0.124. The number of ether oxygens (including phenoxy) is 2. The predicted molar refractivity (Wildman–Crippen MR) is 135 cm³/mol. The van der Waals surface area contributed by atoms with Gasteiger partial charge in [0, 0.05) is 26.2 Å². The van der Waals surface area contributed by atoms with Crippen LogP contribution in [0.15, 0.2) is 4.99 Å². The molecule has 35 heavy (non-hydrogen) atoms. The van der Waals surface area contributed by atoms with Crippen molar-refractivity contribution in [2.75, 3.05) is 52.5 Å². The van der Waals surface area contributed by atoms with E-state index in [1.165, 1.54) is 0 Å². The molecule has 0 saturated carbocycles. The number of aliphatic imine (C=N–C) groups is 1. The maximum Gasteiger partial charge on any atom is 0.413 e. The number of likely N-dealkylation sites (tertiary alicyclic amines) is 1. The largest absolute Gasteiger partial charge is 0.450 e. The first-order valence-electron chi connectivity index (χ1n) is 12.9. The summed E-state index contributed by atoms with van der Waals surface area (Å²) in [5, 5.41) is 15.8. The van der Waals surface area contributed by atoms with Crippen molar-refractivity contribution in [1.82, 2.24) is 20.4 Å². The van der Waals surface area contributed by atoms with Gasteiger partial charge in [-0.2, -0.15) is 5.26 Å². The van der Waals surface area contributed by atoms with Gasteiger partial charge in [0.2, 0.25) is 11.9 Å². The predicted octanol–water partition coefficient (Wildman–Crippen LogP) is 2.50. The van der Waals surface area contributed by atoms with Gasteiger partial charge in [0.25, 0.3) is 0 Å². The van der Waals surface area contributed by atoms with Crippen LogP contribution in [0.1, 0.15) is 66.7 Å². The molecule has 2 heterocycles. The summed E-state index contributed by atoms with van der Waals surface area (Å²) < 4.78 is 10.5. The number of amides is 2. The third-order valence-electron chi connectivity index (χ3n) is 6.37. The van der Waals surface area contributed by atoms with Crippen LogP contribution in [-0.2, 0) is 14.3 Å². The zero-order valence-corrected chi connectivity index (χ0v) is 22.2. The summed E-state index contributed by atoms with van der Waals surface area (Å²) in [5.41, 5.74) is -0.898. The van der Waals surface area contributed by atoms with Crippen LogP contribution in [-0.4, -0.2) is 91.9 Å². The average Bonchev–Trinajstić information content (AvgIpc) is 2.82. The number of guanidine groups is 1. The molecule has 1 atom stereocenters. The van der Waals surface area contributed by atoms with E-state index in [0.29, 0.717) is 51.5 Å². The van der Waals surface area contributed by atoms with Crippen LogP contribution in [0.4, 0.5) is 4.79 Å². The van der Waals surface area contributed by atoms with Crippen LogP contribution < -0.4 is 10.6 Å². The monoisotopic (exact) mass is 492 g/mol. The lowest BCUT2D eigenvalue weighted by Crippen LogP contribution is -2.57.